The lowest BCUT2D eigenvalue weighted by molar-refractivity contribution is -0.138. The van der Waals surface area contributed by atoms with E-state index in [-0.39, 0.29) is 54.3 Å². The molecule has 2 N–H and O–H groups in total. The maximum atomic E-state index is 12.0. The first-order chi connectivity index (χ1) is 16.0. The summed E-state index contributed by atoms with van der Waals surface area (Å²) in [4.78, 5) is 51.0. The Kier molecular flexibility index (Phi) is 12.7. The summed E-state index contributed by atoms with van der Waals surface area (Å²) < 4.78 is 11.1. The van der Waals surface area contributed by atoms with Crippen molar-refractivity contribution in [2.75, 3.05) is 65.9 Å². The third kappa shape index (κ3) is 9.23. The minimum Gasteiger partial charge on any atom is -0.379 e. The smallest absolute Gasteiger partial charge is 0.242 e. The van der Waals surface area contributed by atoms with Crippen molar-refractivity contribution < 1.29 is 28.7 Å². The molecule has 2 unspecified atom stereocenters. The van der Waals surface area contributed by atoms with Gasteiger partial charge in [0.15, 0.2) is 0 Å². The van der Waals surface area contributed by atoms with Crippen LogP contribution in [-0.4, -0.2) is 111 Å². The van der Waals surface area contributed by atoms with Gasteiger partial charge in [-0.2, -0.15) is 11.8 Å². The van der Waals surface area contributed by atoms with Gasteiger partial charge in [0.1, 0.15) is 0 Å². The van der Waals surface area contributed by atoms with E-state index >= 15 is 0 Å². The van der Waals surface area contributed by atoms with Gasteiger partial charge in [-0.25, -0.2) is 0 Å². The Labute approximate surface area is 200 Å². The van der Waals surface area contributed by atoms with Gasteiger partial charge < -0.3 is 20.1 Å². The average Bonchev–Trinajstić information content (AvgIpc) is 3.39. The highest BCUT2D eigenvalue weighted by Gasteiger charge is 2.37. The maximum absolute atomic E-state index is 12.0. The Bertz CT molecular complexity index is 665. The van der Waals surface area contributed by atoms with E-state index in [4.69, 9.17) is 9.47 Å². The topological polar surface area (TPSA) is 117 Å². The second-order valence-corrected chi connectivity index (χ2v) is 9.19. The van der Waals surface area contributed by atoms with Crippen molar-refractivity contribution >= 4 is 35.4 Å². The molecule has 10 nitrogen and oxygen atoms in total. The molecule has 33 heavy (non-hydrogen) atoms. The number of rotatable bonds is 16. The number of imide groups is 1. The highest BCUT2D eigenvalue weighted by molar-refractivity contribution is 8.00. The van der Waals surface area contributed by atoms with Gasteiger partial charge in [-0.15, -0.1) is 0 Å². The van der Waals surface area contributed by atoms with E-state index in [1.54, 1.807) is 13.3 Å². The quantitative estimate of drug-likeness (QED) is 0.231. The Balaban J connectivity index is 1.39. The number of amides is 4. The third-order valence-corrected chi connectivity index (χ3v) is 6.79. The number of likely N-dealkylation sites (tertiary alicyclic amines) is 2. The number of ether oxygens (including phenoxy) is 2. The molecular weight excluding hydrogens is 448 g/mol. The lowest BCUT2D eigenvalue weighted by Crippen LogP contribution is -2.42. The normalized spacial score (nSPS) is 21.1. The van der Waals surface area contributed by atoms with Crippen molar-refractivity contribution in [1.29, 1.82) is 0 Å². The predicted octanol–water partition coefficient (Wildman–Crippen LogP) is 0.00700. The number of hydrogen-bond donors (Lipinski definition) is 2. The number of nitrogens with one attached hydrogen (secondary N) is 2. The van der Waals surface area contributed by atoms with Gasteiger partial charge >= 0.3 is 0 Å². The molecule has 4 amide bonds. The van der Waals surface area contributed by atoms with E-state index in [0.717, 1.165) is 32.4 Å². The summed E-state index contributed by atoms with van der Waals surface area (Å²) in [5, 5.41) is 5.20. The second-order valence-electron chi connectivity index (χ2n) is 8.15. The molecule has 2 heterocycles. The van der Waals surface area contributed by atoms with E-state index in [9.17, 15) is 19.2 Å². The molecular formula is C22H38N4O6S. The Morgan fingerprint density at radius 3 is 2.48 bits per heavy atom. The first kappa shape index (κ1) is 27.6. The summed E-state index contributed by atoms with van der Waals surface area (Å²) in [6, 6.07) is -0.00320. The summed E-state index contributed by atoms with van der Waals surface area (Å²) in [6.07, 6.45) is 5.69. The van der Waals surface area contributed by atoms with Crippen LogP contribution in [-0.2, 0) is 28.7 Å². The molecule has 2 aliphatic heterocycles. The van der Waals surface area contributed by atoms with Gasteiger partial charge in [-0.1, -0.05) is 0 Å². The molecule has 2 fully saturated rings. The SMILES string of the molecule is CNC(=O)C1CCCN1CCCOCCOCCCNC(=O)CCN1C(=O)CC(SC)C1=O. The van der Waals surface area contributed by atoms with E-state index in [2.05, 4.69) is 15.5 Å². The number of likely N-dealkylation sites (N-methyl/N-ethyl adjacent to an activating group) is 1. The largest absolute Gasteiger partial charge is 0.379 e. The van der Waals surface area contributed by atoms with Gasteiger partial charge in [0, 0.05) is 52.7 Å². The highest BCUT2D eigenvalue weighted by Crippen LogP contribution is 2.23. The minimum atomic E-state index is -0.312. The fraction of sp³-hybridized carbons (Fsp3) is 0.818. The monoisotopic (exact) mass is 486 g/mol. The first-order valence-electron chi connectivity index (χ1n) is 11.7. The van der Waals surface area contributed by atoms with Crippen LogP contribution < -0.4 is 10.6 Å². The van der Waals surface area contributed by atoms with Crippen LogP contribution >= 0.6 is 11.8 Å². The molecule has 188 valence electrons. The zero-order valence-corrected chi connectivity index (χ0v) is 20.6. The molecule has 2 atom stereocenters. The minimum absolute atomic E-state index is 0.00320. The van der Waals surface area contributed by atoms with Gasteiger partial charge in [0.25, 0.3) is 0 Å². The van der Waals surface area contributed by atoms with Crippen molar-refractivity contribution in [3.63, 3.8) is 0 Å². The third-order valence-electron chi connectivity index (χ3n) is 5.86. The number of hydrogen-bond acceptors (Lipinski definition) is 8. The molecule has 0 aliphatic carbocycles. The standard InChI is InChI=1S/C22H38N4O6S/c1-23-21(29)17-6-3-9-25(17)10-5-13-32-15-14-31-12-4-8-24-19(27)7-11-26-20(28)16-18(33-2)22(26)30/h17-18H,3-16H2,1-2H3,(H,23,29)(H,24,27). The zero-order chi connectivity index (χ0) is 24.1. The van der Waals surface area contributed by atoms with Gasteiger partial charge in [0.05, 0.1) is 24.5 Å². The van der Waals surface area contributed by atoms with Crippen LogP contribution in [0, 0.1) is 0 Å². The summed E-state index contributed by atoms with van der Waals surface area (Å²) in [5.41, 5.74) is 0. The predicted molar refractivity (Wildman–Crippen MR) is 126 cm³/mol. The van der Waals surface area contributed by atoms with Crippen LogP contribution in [0.15, 0.2) is 0 Å². The second kappa shape index (κ2) is 15.3. The van der Waals surface area contributed by atoms with Crippen LogP contribution in [0.3, 0.4) is 0 Å². The summed E-state index contributed by atoms with van der Waals surface area (Å²) in [6.45, 7) is 4.60. The Morgan fingerprint density at radius 2 is 1.82 bits per heavy atom. The number of carbonyl (C=O) groups is 4. The molecule has 0 aromatic carbocycles. The van der Waals surface area contributed by atoms with Crippen molar-refractivity contribution in [3.05, 3.63) is 0 Å². The van der Waals surface area contributed by atoms with Gasteiger partial charge in [0.2, 0.25) is 23.6 Å². The van der Waals surface area contributed by atoms with Crippen molar-refractivity contribution in [2.24, 2.45) is 0 Å². The summed E-state index contributed by atoms with van der Waals surface area (Å²) in [7, 11) is 1.68. The molecule has 0 aromatic heterocycles. The van der Waals surface area contributed by atoms with Gasteiger partial charge in [-0.3, -0.25) is 29.0 Å². The van der Waals surface area contributed by atoms with E-state index in [1.807, 2.05) is 0 Å². The Hall–Kier alpha value is -1.69. The molecule has 0 saturated carbocycles. The lowest BCUT2D eigenvalue weighted by Gasteiger charge is -2.22. The molecule has 2 aliphatic rings. The number of nitrogens with zero attached hydrogens (tertiary/aromatic N) is 2. The van der Waals surface area contributed by atoms with Crippen molar-refractivity contribution in [3.8, 4) is 0 Å². The number of thioether (sulfide) groups is 1. The molecule has 0 radical (unpaired) electrons. The van der Waals surface area contributed by atoms with Crippen LogP contribution in [0.2, 0.25) is 0 Å². The fourth-order valence-electron chi connectivity index (χ4n) is 4.02. The Morgan fingerprint density at radius 1 is 1.09 bits per heavy atom. The molecule has 0 aromatic rings. The average molecular weight is 487 g/mol. The lowest BCUT2D eigenvalue weighted by atomic mass is 10.2. The number of carbonyl (C=O) groups excluding carboxylic acids is 4. The molecule has 0 bridgehead atoms. The maximum Gasteiger partial charge on any atom is 0.242 e. The molecule has 2 rings (SSSR count). The molecule has 11 heteroatoms. The summed E-state index contributed by atoms with van der Waals surface area (Å²) >= 11 is 1.37. The van der Waals surface area contributed by atoms with Crippen LogP contribution in [0.4, 0.5) is 0 Å². The fourth-order valence-corrected chi connectivity index (χ4v) is 4.66. The zero-order valence-electron chi connectivity index (χ0n) is 19.8. The summed E-state index contributed by atoms with van der Waals surface area (Å²) in [5.74, 6) is -0.478. The van der Waals surface area contributed by atoms with E-state index in [0.29, 0.717) is 39.4 Å². The molecule has 0 spiro atoms. The molecule has 2 saturated heterocycles. The van der Waals surface area contributed by atoms with Crippen molar-refractivity contribution in [2.45, 2.75) is 49.8 Å². The van der Waals surface area contributed by atoms with Crippen LogP contribution in [0.1, 0.15) is 38.5 Å². The van der Waals surface area contributed by atoms with E-state index in [1.165, 1.54) is 16.7 Å². The van der Waals surface area contributed by atoms with Gasteiger partial charge in [-0.05, 0) is 38.5 Å². The van der Waals surface area contributed by atoms with Crippen molar-refractivity contribution in [1.82, 2.24) is 20.4 Å². The highest BCUT2D eigenvalue weighted by atomic mass is 32.2. The van der Waals surface area contributed by atoms with Crippen LogP contribution in [0.5, 0.6) is 0 Å². The van der Waals surface area contributed by atoms with E-state index < -0.39 is 0 Å². The first-order valence-corrected chi connectivity index (χ1v) is 13.0. The van der Waals surface area contributed by atoms with Crippen LogP contribution in [0.25, 0.3) is 0 Å².